The fourth-order valence-electron chi connectivity index (χ4n) is 4.52. The monoisotopic (exact) mass is 614 g/mol. The second-order valence-corrected chi connectivity index (χ2v) is 12.9. The van der Waals surface area contributed by atoms with Gasteiger partial charge >= 0.3 is 29.6 Å². The van der Waals surface area contributed by atoms with Gasteiger partial charge in [0.2, 0.25) is 10.4 Å². The van der Waals surface area contributed by atoms with E-state index in [0.29, 0.717) is 12.8 Å². The van der Waals surface area contributed by atoms with Gasteiger partial charge in [0.1, 0.15) is 0 Å². The zero-order valence-corrected chi connectivity index (χ0v) is 29.2. The number of rotatable bonds is 24. The summed E-state index contributed by atoms with van der Waals surface area (Å²) in [6.07, 6.45) is 25.0. The molecule has 0 saturated carbocycles. The standard InChI is InChI=1S/C18H30O3S.C12H26O4S.Na/c1-2-3-4-5-6-7-8-9-10-11-14-17-15-12-13-16-18(17)22(19,20)21;1-2-3-4-5-6-7-8-9-10-11-12-16-17(13,14)15;/h12-13,15-16H,2-11,14H2,1H3,(H,19,20,21);2-12H2,1H3,(H,13,14,15);/q;;+1/p-1. The van der Waals surface area contributed by atoms with Crippen molar-refractivity contribution >= 4 is 20.5 Å². The smallest absolute Gasteiger partial charge is 0.726 e. The molecule has 0 radical (unpaired) electrons. The molecule has 0 aliphatic heterocycles. The van der Waals surface area contributed by atoms with Crippen LogP contribution in [0.15, 0.2) is 29.2 Å². The second kappa shape index (κ2) is 27.8. The summed E-state index contributed by atoms with van der Waals surface area (Å²) in [5.74, 6) is 0. The molecule has 0 unspecified atom stereocenters. The van der Waals surface area contributed by atoms with Gasteiger partial charge in [0.25, 0.3) is 10.1 Å². The van der Waals surface area contributed by atoms with Crippen LogP contribution in [0.5, 0.6) is 0 Å². The molecule has 0 bridgehead atoms. The third-order valence-corrected chi connectivity index (χ3v) is 8.19. The van der Waals surface area contributed by atoms with Crippen molar-refractivity contribution in [2.75, 3.05) is 6.61 Å². The molecule has 10 heteroatoms. The number of aryl methyl sites for hydroxylation is 1. The van der Waals surface area contributed by atoms with Gasteiger partial charge in [-0.15, -0.1) is 0 Å². The fourth-order valence-corrected chi connectivity index (χ4v) is 5.59. The van der Waals surface area contributed by atoms with Crippen molar-refractivity contribution in [3.05, 3.63) is 29.8 Å². The van der Waals surface area contributed by atoms with E-state index in [9.17, 15) is 25.9 Å². The summed E-state index contributed by atoms with van der Waals surface area (Å²) in [6.45, 7) is 4.48. The van der Waals surface area contributed by atoms with E-state index in [1.165, 1.54) is 102 Å². The van der Waals surface area contributed by atoms with Crippen molar-refractivity contribution in [2.24, 2.45) is 0 Å². The van der Waals surface area contributed by atoms with E-state index >= 15 is 0 Å². The first-order valence-electron chi connectivity index (χ1n) is 15.3. The second-order valence-electron chi connectivity index (χ2n) is 10.4. The van der Waals surface area contributed by atoms with E-state index in [2.05, 4.69) is 18.0 Å². The van der Waals surface area contributed by atoms with Crippen LogP contribution in [0.4, 0.5) is 0 Å². The van der Waals surface area contributed by atoms with Gasteiger partial charge in [-0.2, -0.15) is 8.42 Å². The molecule has 230 valence electrons. The zero-order chi connectivity index (χ0) is 29.2. The quantitative estimate of drug-likeness (QED) is 0.0678. The first-order valence-corrected chi connectivity index (χ1v) is 18.0. The summed E-state index contributed by atoms with van der Waals surface area (Å²) >= 11 is 0. The predicted molar refractivity (Wildman–Crippen MR) is 159 cm³/mol. The maximum atomic E-state index is 11.3. The first kappa shape index (κ1) is 42.1. The van der Waals surface area contributed by atoms with Crippen molar-refractivity contribution in [1.82, 2.24) is 0 Å². The molecule has 1 aromatic carbocycles. The SMILES string of the molecule is CCCCCCCCCCCCOS(=O)(=O)[O-].CCCCCCCCCCCCc1ccccc1S(=O)(=O)O.[Na+]. The largest absolute Gasteiger partial charge is 1.00 e. The minimum absolute atomic E-state index is 0. The van der Waals surface area contributed by atoms with Crippen molar-refractivity contribution in [2.45, 2.75) is 154 Å². The summed E-state index contributed by atoms with van der Waals surface area (Å²) in [4.78, 5) is 0.0610. The third-order valence-electron chi connectivity index (χ3n) is 6.78. The molecule has 0 atom stereocenters. The van der Waals surface area contributed by atoms with E-state index in [1.807, 2.05) is 6.07 Å². The van der Waals surface area contributed by atoms with Crippen molar-refractivity contribution < 1.29 is 59.7 Å². The van der Waals surface area contributed by atoms with E-state index in [1.54, 1.807) is 12.1 Å². The number of hydrogen-bond acceptors (Lipinski definition) is 6. The molecule has 7 nitrogen and oxygen atoms in total. The third kappa shape index (κ3) is 28.1. The maximum absolute atomic E-state index is 11.3. The molecule has 1 N–H and O–H groups in total. The van der Waals surface area contributed by atoms with Gasteiger partial charge in [0.15, 0.2) is 0 Å². The Morgan fingerprint density at radius 2 is 1.00 bits per heavy atom. The van der Waals surface area contributed by atoms with E-state index in [-0.39, 0.29) is 41.1 Å². The number of unbranched alkanes of at least 4 members (excludes halogenated alkanes) is 18. The molecule has 1 aromatic rings. The molecule has 0 aliphatic rings. The van der Waals surface area contributed by atoms with Crippen molar-refractivity contribution in [3.63, 3.8) is 0 Å². The minimum Gasteiger partial charge on any atom is -0.726 e. The van der Waals surface area contributed by atoms with E-state index in [4.69, 9.17) is 0 Å². The van der Waals surface area contributed by atoms with Crippen LogP contribution in [0.25, 0.3) is 0 Å². The van der Waals surface area contributed by atoms with Gasteiger partial charge in [-0.1, -0.05) is 148 Å². The van der Waals surface area contributed by atoms with Crippen molar-refractivity contribution in [3.8, 4) is 0 Å². The molecular weight excluding hydrogens is 559 g/mol. The number of benzene rings is 1. The van der Waals surface area contributed by atoms with Gasteiger partial charge in [0.05, 0.1) is 11.5 Å². The average molecular weight is 615 g/mol. The Hall–Kier alpha value is 0. The van der Waals surface area contributed by atoms with Gasteiger partial charge in [-0.3, -0.25) is 8.74 Å². The van der Waals surface area contributed by atoms with Gasteiger partial charge in [0, 0.05) is 0 Å². The molecule has 40 heavy (non-hydrogen) atoms. The van der Waals surface area contributed by atoms with Gasteiger partial charge in [-0.25, -0.2) is 8.42 Å². The maximum Gasteiger partial charge on any atom is 1.00 e. The van der Waals surface area contributed by atoms with Crippen LogP contribution in [0.2, 0.25) is 0 Å². The molecule has 0 aliphatic carbocycles. The molecule has 0 saturated heterocycles. The molecule has 0 aromatic heterocycles. The van der Waals surface area contributed by atoms with E-state index in [0.717, 1.165) is 31.2 Å². The Balaban J connectivity index is 0. The molecule has 0 heterocycles. The predicted octanol–water partition coefficient (Wildman–Crippen LogP) is 5.78. The van der Waals surface area contributed by atoms with Gasteiger partial charge in [-0.05, 0) is 30.9 Å². The van der Waals surface area contributed by atoms with E-state index < -0.39 is 20.5 Å². The van der Waals surface area contributed by atoms with Crippen LogP contribution < -0.4 is 29.6 Å². The zero-order valence-electron chi connectivity index (χ0n) is 25.6. The fraction of sp³-hybridized carbons (Fsp3) is 0.800. The van der Waals surface area contributed by atoms with Crippen molar-refractivity contribution in [1.29, 1.82) is 0 Å². The van der Waals surface area contributed by atoms with Crippen LogP contribution in [-0.4, -0.2) is 32.5 Å². The molecule has 0 spiro atoms. The Bertz CT molecular complexity index is 906. The summed E-state index contributed by atoms with van der Waals surface area (Å²) in [7, 11) is -8.58. The minimum atomic E-state index is -4.48. The molecule has 0 amide bonds. The summed E-state index contributed by atoms with van der Waals surface area (Å²) in [6, 6.07) is 6.73. The first-order chi connectivity index (χ1) is 18.6. The van der Waals surface area contributed by atoms with Crippen LogP contribution in [0.1, 0.15) is 148 Å². The number of hydrogen-bond donors (Lipinski definition) is 1. The summed E-state index contributed by atoms with van der Waals surface area (Å²) in [5.41, 5.74) is 0.726. The molecule has 0 fully saturated rings. The Labute approximate surface area is 268 Å². The van der Waals surface area contributed by atoms with Gasteiger partial charge < -0.3 is 4.55 Å². The van der Waals surface area contributed by atoms with Crippen LogP contribution >= 0.6 is 0 Å². The average Bonchev–Trinajstić information content (AvgIpc) is 2.88. The summed E-state index contributed by atoms with van der Waals surface area (Å²) < 4.78 is 66.2. The van der Waals surface area contributed by atoms with Crippen LogP contribution in [0.3, 0.4) is 0 Å². The Kier molecular flexibility index (Phi) is 29.3. The molecule has 1 rings (SSSR count). The summed E-state index contributed by atoms with van der Waals surface area (Å²) in [5, 5.41) is 0. The van der Waals surface area contributed by atoms with Crippen LogP contribution in [0, 0.1) is 0 Å². The van der Waals surface area contributed by atoms with Crippen LogP contribution in [-0.2, 0) is 31.1 Å². The Morgan fingerprint density at radius 1 is 0.625 bits per heavy atom. The molecular formula is C30H55NaO7S2. The Morgan fingerprint density at radius 3 is 1.40 bits per heavy atom. The normalized spacial score (nSPS) is 11.5. The topological polar surface area (TPSA) is 121 Å².